The number of hydrogen-bond acceptors (Lipinski definition) is 6. The van der Waals surface area contributed by atoms with Crippen molar-refractivity contribution in [3.05, 3.63) is 29.0 Å². The molecule has 0 bridgehead atoms. The SMILES string of the molecule is CSCC(C)Nc1ccc2nnc(-c3ccsc3)n2n1. The molecule has 3 aromatic rings. The van der Waals surface area contributed by atoms with E-state index < -0.39 is 0 Å². The van der Waals surface area contributed by atoms with Crippen LogP contribution in [0.5, 0.6) is 0 Å². The molecule has 0 aliphatic rings. The van der Waals surface area contributed by atoms with Gasteiger partial charge < -0.3 is 5.32 Å². The van der Waals surface area contributed by atoms with Crippen LogP contribution in [0, 0.1) is 0 Å². The van der Waals surface area contributed by atoms with Gasteiger partial charge in [0.1, 0.15) is 5.82 Å². The molecule has 0 amide bonds. The standard InChI is InChI=1S/C13H15N5S2/c1-9(7-19-2)14-11-3-4-12-15-16-13(18(12)17-11)10-5-6-20-8-10/h3-6,8-9H,7H2,1-2H3,(H,14,17). The van der Waals surface area contributed by atoms with Gasteiger partial charge in [-0.25, -0.2) is 0 Å². The number of nitrogens with one attached hydrogen (secondary N) is 1. The summed E-state index contributed by atoms with van der Waals surface area (Å²) in [6.45, 7) is 2.15. The molecule has 3 rings (SSSR count). The van der Waals surface area contributed by atoms with E-state index in [0.29, 0.717) is 6.04 Å². The van der Waals surface area contributed by atoms with Crippen molar-refractivity contribution in [3.8, 4) is 11.4 Å². The van der Waals surface area contributed by atoms with Gasteiger partial charge in [-0.2, -0.15) is 27.6 Å². The van der Waals surface area contributed by atoms with E-state index in [0.717, 1.165) is 28.6 Å². The Morgan fingerprint density at radius 3 is 3.00 bits per heavy atom. The van der Waals surface area contributed by atoms with E-state index in [1.165, 1.54) is 0 Å². The Hall–Kier alpha value is -1.60. The molecule has 1 N–H and O–H groups in total. The van der Waals surface area contributed by atoms with Crippen molar-refractivity contribution in [1.29, 1.82) is 0 Å². The van der Waals surface area contributed by atoms with E-state index in [4.69, 9.17) is 0 Å². The Labute approximate surface area is 125 Å². The monoisotopic (exact) mass is 305 g/mol. The number of aromatic nitrogens is 4. The zero-order valence-electron chi connectivity index (χ0n) is 11.3. The molecule has 1 unspecified atom stereocenters. The molecule has 0 spiro atoms. The predicted molar refractivity (Wildman–Crippen MR) is 85.6 cm³/mol. The quantitative estimate of drug-likeness (QED) is 0.785. The van der Waals surface area contributed by atoms with Gasteiger partial charge >= 0.3 is 0 Å². The summed E-state index contributed by atoms with van der Waals surface area (Å²) < 4.78 is 1.79. The highest BCUT2D eigenvalue weighted by atomic mass is 32.2. The van der Waals surface area contributed by atoms with Crippen LogP contribution >= 0.6 is 23.1 Å². The van der Waals surface area contributed by atoms with E-state index >= 15 is 0 Å². The average molecular weight is 305 g/mol. The first kappa shape index (κ1) is 13.4. The molecule has 5 nitrogen and oxygen atoms in total. The summed E-state index contributed by atoms with van der Waals surface area (Å²) in [5.41, 5.74) is 1.80. The zero-order chi connectivity index (χ0) is 13.9. The van der Waals surface area contributed by atoms with Gasteiger partial charge in [-0.3, -0.25) is 0 Å². The third kappa shape index (κ3) is 2.64. The van der Waals surface area contributed by atoms with Crippen molar-refractivity contribution >= 4 is 34.6 Å². The fourth-order valence-electron chi connectivity index (χ4n) is 1.98. The van der Waals surface area contributed by atoms with Crippen LogP contribution in [-0.2, 0) is 0 Å². The molecule has 3 heterocycles. The van der Waals surface area contributed by atoms with Crippen molar-refractivity contribution in [3.63, 3.8) is 0 Å². The normalized spacial score (nSPS) is 12.7. The van der Waals surface area contributed by atoms with Crippen LogP contribution in [0.15, 0.2) is 29.0 Å². The Morgan fingerprint density at radius 2 is 2.25 bits per heavy atom. The first-order valence-electron chi connectivity index (χ1n) is 6.28. The summed E-state index contributed by atoms with van der Waals surface area (Å²) in [6, 6.07) is 6.28. The summed E-state index contributed by atoms with van der Waals surface area (Å²) in [5.74, 6) is 2.66. The second-order valence-electron chi connectivity index (χ2n) is 4.52. The molecule has 0 saturated heterocycles. The summed E-state index contributed by atoms with van der Waals surface area (Å²) >= 11 is 3.46. The van der Waals surface area contributed by atoms with Crippen molar-refractivity contribution in [2.75, 3.05) is 17.3 Å². The number of thiophene rings is 1. The molecule has 1 atom stereocenters. The summed E-state index contributed by atoms with van der Waals surface area (Å²) in [7, 11) is 0. The van der Waals surface area contributed by atoms with Crippen molar-refractivity contribution < 1.29 is 0 Å². The van der Waals surface area contributed by atoms with Crippen LogP contribution in [0.2, 0.25) is 0 Å². The van der Waals surface area contributed by atoms with Crippen molar-refractivity contribution in [2.45, 2.75) is 13.0 Å². The lowest BCUT2D eigenvalue weighted by molar-refractivity contribution is 0.866. The maximum absolute atomic E-state index is 4.59. The number of rotatable bonds is 5. The molecule has 0 aliphatic carbocycles. The highest BCUT2D eigenvalue weighted by Gasteiger charge is 2.11. The Morgan fingerprint density at radius 1 is 1.35 bits per heavy atom. The van der Waals surface area contributed by atoms with Crippen LogP contribution < -0.4 is 5.32 Å². The fraction of sp³-hybridized carbons (Fsp3) is 0.308. The minimum atomic E-state index is 0.371. The average Bonchev–Trinajstić information content (AvgIpc) is 3.06. The maximum Gasteiger partial charge on any atom is 0.186 e. The Bertz CT molecular complexity index is 692. The molecule has 0 saturated carbocycles. The second kappa shape index (κ2) is 5.80. The third-order valence-corrected chi connectivity index (χ3v) is 4.37. The smallest absolute Gasteiger partial charge is 0.186 e. The first-order chi connectivity index (χ1) is 9.78. The van der Waals surface area contributed by atoms with Crippen LogP contribution in [0.25, 0.3) is 17.0 Å². The van der Waals surface area contributed by atoms with Gasteiger partial charge in [0.05, 0.1) is 0 Å². The van der Waals surface area contributed by atoms with Gasteiger partial charge in [-0.05, 0) is 36.8 Å². The number of nitrogens with zero attached hydrogens (tertiary/aromatic N) is 4. The van der Waals surface area contributed by atoms with Crippen LogP contribution in [-0.4, -0.2) is 37.9 Å². The molecular formula is C13H15N5S2. The van der Waals surface area contributed by atoms with Crippen LogP contribution in [0.1, 0.15) is 6.92 Å². The van der Waals surface area contributed by atoms with Gasteiger partial charge in [0.2, 0.25) is 0 Å². The van der Waals surface area contributed by atoms with Crippen LogP contribution in [0.4, 0.5) is 5.82 Å². The Balaban J connectivity index is 1.95. The third-order valence-electron chi connectivity index (χ3n) is 2.85. The molecular weight excluding hydrogens is 290 g/mol. The highest BCUT2D eigenvalue weighted by Crippen LogP contribution is 2.21. The van der Waals surface area contributed by atoms with Crippen molar-refractivity contribution in [2.24, 2.45) is 0 Å². The molecule has 0 radical (unpaired) electrons. The lowest BCUT2D eigenvalue weighted by Crippen LogP contribution is -2.19. The summed E-state index contributed by atoms with van der Waals surface area (Å²) in [5, 5.41) is 20.4. The molecule has 20 heavy (non-hydrogen) atoms. The fourth-order valence-corrected chi connectivity index (χ4v) is 3.20. The molecule has 0 aromatic carbocycles. The van der Waals surface area contributed by atoms with Gasteiger partial charge in [0.25, 0.3) is 0 Å². The van der Waals surface area contributed by atoms with E-state index in [-0.39, 0.29) is 0 Å². The van der Waals surface area contributed by atoms with Gasteiger partial charge in [-0.15, -0.1) is 15.3 Å². The van der Waals surface area contributed by atoms with E-state index in [1.54, 1.807) is 15.9 Å². The Kier molecular flexibility index (Phi) is 3.88. The first-order valence-corrected chi connectivity index (χ1v) is 8.62. The van der Waals surface area contributed by atoms with E-state index in [9.17, 15) is 0 Å². The number of fused-ring (bicyclic) bond motifs is 1. The molecule has 104 valence electrons. The van der Waals surface area contributed by atoms with Gasteiger partial charge in [0, 0.05) is 22.7 Å². The number of thioether (sulfide) groups is 1. The highest BCUT2D eigenvalue weighted by molar-refractivity contribution is 7.98. The van der Waals surface area contributed by atoms with E-state index in [2.05, 4.69) is 39.2 Å². The molecule has 0 fully saturated rings. The zero-order valence-corrected chi connectivity index (χ0v) is 12.9. The second-order valence-corrected chi connectivity index (χ2v) is 6.22. The summed E-state index contributed by atoms with van der Waals surface area (Å²) in [4.78, 5) is 0. The van der Waals surface area contributed by atoms with Crippen LogP contribution in [0.3, 0.4) is 0 Å². The van der Waals surface area contributed by atoms with Gasteiger partial charge in [-0.1, -0.05) is 0 Å². The van der Waals surface area contributed by atoms with E-state index in [1.807, 2.05) is 35.3 Å². The predicted octanol–water partition coefficient (Wildman–Crippen LogP) is 3.02. The molecule has 7 heteroatoms. The van der Waals surface area contributed by atoms with Crippen molar-refractivity contribution in [1.82, 2.24) is 19.8 Å². The lowest BCUT2D eigenvalue weighted by atomic mass is 10.3. The number of anilines is 1. The summed E-state index contributed by atoms with van der Waals surface area (Å²) in [6.07, 6.45) is 2.10. The minimum absolute atomic E-state index is 0.371. The molecule has 0 aliphatic heterocycles. The molecule has 3 aromatic heterocycles. The minimum Gasteiger partial charge on any atom is -0.365 e. The maximum atomic E-state index is 4.59. The van der Waals surface area contributed by atoms with Gasteiger partial charge in [0.15, 0.2) is 11.5 Å². The topological polar surface area (TPSA) is 55.1 Å². The largest absolute Gasteiger partial charge is 0.365 e. The lowest BCUT2D eigenvalue weighted by Gasteiger charge is -2.12. The number of hydrogen-bond donors (Lipinski definition) is 1.